The molecule has 0 radical (unpaired) electrons. The number of nitrogens with one attached hydrogen (secondary N) is 3. The summed E-state index contributed by atoms with van der Waals surface area (Å²) in [5.41, 5.74) is 4.50. The van der Waals surface area contributed by atoms with Crippen molar-refractivity contribution >= 4 is 38.8 Å². The molecule has 6 nitrogen and oxygen atoms in total. The highest BCUT2D eigenvalue weighted by molar-refractivity contribution is 7.21. The molecule has 2 bridgehead atoms. The van der Waals surface area contributed by atoms with Crippen molar-refractivity contribution in [2.75, 3.05) is 36.9 Å². The van der Waals surface area contributed by atoms with Crippen LogP contribution < -0.4 is 20.9 Å². The van der Waals surface area contributed by atoms with Crippen LogP contribution in [0.4, 0.5) is 11.4 Å². The summed E-state index contributed by atoms with van der Waals surface area (Å²) in [7, 11) is 1.86. The van der Waals surface area contributed by atoms with E-state index in [9.17, 15) is 4.79 Å². The van der Waals surface area contributed by atoms with Gasteiger partial charge in [0.25, 0.3) is 5.91 Å². The molecule has 5 rings (SSSR count). The Bertz CT molecular complexity index is 1110. The number of hydrogen-bond acceptors (Lipinski definition) is 6. The zero-order chi connectivity index (χ0) is 22.8. The van der Waals surface area contributed by atoms with Gasteiger partial charge in [-0.15, -0.1) is 11.3 Å². The molecule has 2 aliphatic heterocycles. The predicted octanol–water partition coefficient (Wildman–Crippen LogP) is 4.20. The van der Waals surface area contributed by atoms with Crippen LogP contribution in [0.15, 0.2) is 36.4 Å². The topological polar surface area (TPSA) is 69.3 Å². The maximum Gasteiger partial charge on any atom is 0.263 e. The van der Waals surface area contributed by atoms with Gasteiger partial charge in [0.1, 0.15) is 9.71 Å². The van der Waals surface area contributed by atoms with Crippen LogP contribution in [-0.4, -0.2) is 49.7 Å². The first kappa shape index (κ1) is 22.2. The van der Waals surface area contributed by atoms with Crippen molar-refractivity contribution in [1.82, 2.24) is 15.6 Å². The van der Waals surface area contributed by atoms with Crippen LogP contribution in [0.25, 0.3) is 10.2 Å². The van der Waals surface area contributed by atoms with Crippen LogP contribution in [0.3, 0.4) is 0 Å². The highest BCUT2D eigenvalue weighted by Crippen LogP contribution is 2.34. The zero-order valence-electron chi connectivity index (χ0n) is 19.5. The number of carbonyl (C=O) groups is 1. The fourth-order valence-corrected chi connectivity index (χ4v) is 6.22. The lowest BCUT2D eigenvalue weighted by molar-refractivity contribution is 0.0959. The molecule has 3 N–H and O–H groups in total. The number of benzene rings is 1. The van der Waals surface area contributed by atoms with E-state index in [-0.39, 0.29) is 5.91 Å². The van der Waals surface area contributed by atoms with E-state index in [1.54, 1.807) is 0 Å². The fraction of sp³-hybridized carbons (Fsp3) is 0.462. The molecule has 1 amide bonds. The molecule has 2 aromatic heterocycles. The van der Waals surface area contributed by atoms with E-state index >= 15 is 0 Å². The number of carbonyl (C=O) groups excluding carboxylic acids is 1. The molecule has 0 unspecified atom stereocenters. The van der Waals surface area contributed by atoms with E-state index in [1.807, 2.05) is 7.05 Å². The molecule has 2 fully saturated rings. The van der Waals surface area contributed by atoms with Gasteiger partial charge in [-0.05, 0) is 55.5 Å². The number of nitrogens with zero attached hydrogens (tertiary/aromatic N) is 2. The zero-order valence-corrected chi connectivity index (χ0v) is 20.3. The van der Waals surface area contributed by atoms with Crippen molar-refractivity contribution in [3.05, 3.63) is 52.5 Å². The molecule has 2 aliphatic rings. The minimum atomic E-state index is -0.0349. The number of piperazine rings is 1. The number of rotatable bonds is 8. The lowest BCUT2D eigenvalue weighted by Gasteiger charge is -2.34. The van der Waals surface area contributed by atoms with E-state index in [4.69, 9.17) is 4.98 Å². The van der Waals surface area contributed by atoms with Gasteiger partial charge in [-0.3, -0.25) is 4.79 Å². The van der Waals surface area contributed by atoms with Crippen LogP contribution in [-0.2, 0) is 12.8 Å². The van der Waals surface area contributed by atoms with E-state index in [0.717, 1.165) is 53.9 Å². The first-order valence-corrected chi connectivity index (χ1v) is 12.9. The summed E-state index contributed by atoms with van der Waals surface area (Å²) in [6.07, 6.45) is 5.43. The Balaban J connectivity index is 1.19. The van der Waals surface area contributed by atoms with Crippen molar-refractivity contribution in [3.8, 4) is 0 Å². The van der Waals surface area contributed by atoms with E-state index in [2.05, 4.69) is 64.2 Å². The Kier molecular flexibility index (Phi) is 6.51. The third kappa shape index (κ3) is 4.70. The monoisotopic (exact) mass is 463 g/mol. The van der Waals surface area contributed by atoms with Gasteiger partial charge in [-0.1, -0.05) is 25.5 Å². The molecule has 1 aromatic carbocycles. The molecule has 3 aromatic rings. The van der Waals surface area contributed by atoms with Gasteiger partial charge in [0, 0.05) is 55.5 Å². The van der Waals surface area contributed by atoms with E-state index in [1.165, 1.54) is 35.4 Å². The molecule has 174 valence electrons. The smallest absolute Gasteiger partial charge is 0.263 e. The largest absolute Gasteiger partial charge is 0.386 e. The second kappa shape index (κ2) is 9.69. The minimum Gasteiger partial charge on any atom is -0.386 e. The maximum absolute atomic E-state index is 12.9. The Hall–Kier alpha value is -2.64. The van der Waals surface area contributed by atoms with Gasteiger partial charge < -0.3 is 20.9 Å². The molecular weight excluding hydrogens is 430 g/mol. The van der Waals surface area contributed by atoms with E-state index < -0.39 is 0 Å². The normalized spacial score (nSPS) is 19.8. The standard InChI is InChI=1S/C26H33N5OS/c1-3-4-18-9-12-22-23(27-2)24(33-26(22)30-18)25(32)28-14-13-17-5-10-21(11-6-17)31-15-19-7-8-20(16-31)29-19/h5-6,9-12,19-20,27,29H,3-4,7-8,13-16H2,1-2H3,(H,28,32)/t19-,20+. The third-order valence-electron chi connectivity index (χ3n) is 6.79. The third-order valence-corrected chi connectivity index (χ3v) is 7.89. The van der Waals surface area contributed by atoms with Gasteiger partial charge in [-0.25, -0.2) is 4.98 Å². The molecular formula is C26H33N5OS. The number of aromatic nitrogens is 1. The Labute approximate surface area is 199 Å². The lowest BCUT2D eigenvalue weighted by atomic mass is 10.1. The number of fused-ring (bicyclic) bond motifs is 3. The average Bonchev–Trinajstić information content (AvgIpc) is 3.37. The van der Waals surface area contributed by atoms with Crippen LogP contribution in [0.1, 0.15) is 47.1 Å². The fourth-order valence-electron chi connectivity index (χ4n) is 5.10. The number of thiophene rings is 1. The highest BCUT2D eigenvalue weighted by atomic mass is 32.1. The molecule has 2 atom stereocenters. The summed E-state index contributed by atoms with van der Waals surface area (Å²) in [4.78, 5) is 21.8. The van der Waals surface area contributed by atoms with Crippen LogP contribution in [0.2, 0.25) is 0 Å². The van der Waals surface area contributed by atoms with Gasteiger partial charge in [0.05, 0.1) is 5.69 Å². The first-order valence-electron chi connectivity index (χ1n) is 12.1. The summed E-state index contributed by atoms with van der Waals surface area (Å²) in [6, 6.07) is 14.3. The Morgan fingerprint density at radius 2 is 1.88 bits per heavy atom. The Morgan fingerprint density at radius 3 is 2.58 bits per heavy atom. The van der Waals surface area contributed by atoms with Crippen molar-refractivity contribution in [2.45, 2.75) is 51.1 Å². The number of anilines is 2. The second-order valence-electron chi connectivity index (χ2n) is 9.18. The van der Waals surface area contributed by atoms with Crippen molar-refractivity contribution in [2.24, 2.45) is 0 Å². The van der Waals surface area contributed by atoms with E-state index in [0.29, 0.717) is 23.5 Å². The van der Waals surface area contributed by atoms with Gasteiger partial charge in [0.15, 0.2) is 0 Å². The molecule has 0 spiro atoms. The molecule has 33 heavy (non-hydrogen) atoms. The average molecular weight is 464 g/mol. The summed E-state index contributed by atoms with van der Waals surface area (Å²) < 4.78 is 0. The SMILES string of the molecule is CCCc1ccc2c(NC)c(C(=O)NCCc3ccc(N4C[C@H]5CC[C@@H](C4)N5)cc3)sc2n1. The predicted molar refractivity (Wildman–Crippen MR) is 138 cm³/mol. The Morgan fingerprint density at radius 1 is 1.12 bits per heavy atom. The first-order chi connectivity index (χ1) is 16.1. The summed E-state index contributed by atoms with van der Waals surface area (Å²) in [5, 5.41) is 11.0. The number of pyridine rings is 1. The van der Waals surface area contributed by atoms with Crippen molar-refractivity contribution < 1.29 is 4.79 Å². The maximum atomic E-state index is 12.9. The molecule has 7 heteroatoms. The van der Waals surface area contributed by atoms with Crippen molar-refractivity contribution in [3.63, 3.8) is 0 Å². The highest BCUT2D eigenvalue weighted by Gasteiger charge is 2.32. The van der Waals surface area contributed by atoms with Gasteiger partial charge in [-0.2, -0.15) is 0 Å². The summed E-state index contributed by atoms with van der Waals surface area (Å²) in [6.45, 7) is 4.97. The van der Waals surface area contributed by atoms with Crippen LogP contribution in [0, 0.1) is 0 Å². The second-order valence-corrected chi connectivity index (χ2v) is 10.2. The summed E-state index contributed by atoms with van der Waals surface area (Å²) in [5.74, 6) is -0.0349. The van der Waals surface area contributed by atoms with Crippen LogP contribution in [0.5, 0.6) is 0 Å². The van der Waals surface area contributed by atoms with Gasteiger partial charge in [0.2, 0.25) is 0 Å². The number of hydrogen-bond donors (Lipinski definition) is 3. The molecule has 0 saturated carbocycles. The lowest BCUT2D eigenvalue weighted by Crippen LogP contribution is -2.51. The van der Waals surface area contributed by atoms with Crippen molar-refractivity contribution in [1.29, 1.82) is 0 Å². The number of amides is 1. The quantitative estimate of drug-likeness (QED) is 0.467. The number of aryl methyl sites for hydroxylation is 1. The summed E-state index contributed by atoms with van der Waals surface area (Å²) >= 11 is 1.47. The molecule has 2 saturated heterocycles. The molecule has 0 aliphatic carbocycles. The van der Waals surface area contributed by atoms with Gasteiger partial charge >= 0.3 is 0 Å². The molecule has 4 heterocycles. The minimum absolute atomic E-state index is 0.0349. The van der Waals surface area contributed by atoms with Crippen LogP contribution >= 0.6 is 11.3 Å².